The van der Waals surface area contributed by atoms with Crippen LogP contribution in [0.5, 0.6) is 0 Å². The van der Waals surface area contributed by atoms with Gasteiger partial charge in [-0.05, 0) is 30.7 Å². The quantitative estimate of drug-likeness (QED) is 0.509. The number of hydrogen-bond acceptors (Lipinski definition) is 4. The number of hydrogen-bond donors (Lipinski definition) is 3. The summed E-state index contributed by atoms with van der Waals surface area (Å²) in [7, 11) is 1.59. The fourth-order valence-corrected chi connectivity index (χ4v) is 1.82. The van der Waals surface area contributed by atoms with Gasteiger partial charge in [-0.3, -0.25) is 4.79 Å². The van der Waals surface area contributed by atoms with Gasteiger partial charge in [-0.25, -0.2) is 0 Å². The van der Waals surface area contributed by atoms with Crippen molar-refractivity contribution in [1.29, 1.82) is 0 Å². The number of carbonyl (C=O) groups is 1. The molecule has 19 heavy (non-hydrogen) atoms. The zero-order chi connectivity index (χ0) is 14.3. The number of benzene rings is 1. The van der Waals surface area contributed by atoms with E-state index >= 15 is 0 Å². The number of carbonyl (C=O) groups excluding carboxylic acids is 1. The highest BCUT2D eigenvalue weighted by molar-refractivity contribution is 7.80. The summed E-state index contributed by atoms with van der Waals surface area (Å²) < 4.78 is 4.85. The van der Waals surface area contributed by atoms with E-state index in [4.69, 9.17) is 22.7 Å². The van der Waals surface area contributed by atoms with Crippen LogP contribution < -0.4 is 16.4 Å². The molecule has 0 radical (unpaired) electrons. The number of anilines is 1. The molecule has 0 bridgehead atoms. The first kappa shape index (κ1) is 15.4. The predicted octanol–water partition coefficient (Wildman–Crippen LogP) is 0.804. The topological polar surface area (TPSA) is 76.4 Å². The van der Waals surface area contributed by atoms with Gasteiger partial charge in [-0.2, -0.15) is 0 Å². The van der Waals surface area contributed by atoms with Crippen molar-refractivity contribution in [3.05, 3.63) is 29.3 Å². The first-order valence-corrected chi connectivity index (χ1v) is 6.35. The van der Waals surface area contributed by atoms with Crippen molar-refractivity contribution in [2.24, 2.45) is 5.73 Å². The van der Waals surface area contributed by atoms with Gasteiger partial charge in [0.1, 0.15) is 4.99 Å². The van der Waals surface area contributed by atoms with E-state index in [9.17, 15) is 4.79 Å². The van der Waals surface area contributed by atoms with E-state index in [1.54, 1.807) is 7.11 Å². The number of aryl methyl sites for hydroxylation is 1. The molecule has 0 aliphatic carbocycles. The van der Waals surface area contributed by atoms with Crippen LogP contribution in [0, 0.1) is 6.92 Å². The van der Waals surface area contributed by atoms with E-state index in [1.807, 2.05) is 25.1 Å². The number of nitrogens with two attached hydrogens (primary N) is 1. The van der Waals surface area contributed by atoms with Gasteiger partial charge in [-0.15, -0.1) is 0 Å². The summed E-state index contributed by atoms with van der Waals surface area (Å²) in [4.78, 5) is 11.9. The number of nitrogens with one attached hydrogen (secondary N) is 2. The highest BCUT2D eigenvalue weighted by Crippen LogP contribution is 2.14. The van der Waals surface area contributed by atoms with Crippen molar-refractivity contribution in [1.82, 2.24) is 5.32 Å². The van der Waals surface area contributed by atoms with Crippen LogP contribution in [0.2, 0.25) is 0 Å². The van der Waals surface area contributed by atoms with E-state index < -0.39 is 0 Å². The van der Waals surface area contributed by atoms with Crippen LogP contribution in [0.1, 0.15) is 11.1 Å². The molecule has 0 unspecified atom stereocenters. The summed E-state index contributed by atoms with van der Waals surface area (Å²) in [6.07, 6.45) is 0. The second kappa shape index (κ2) is 7.70. The van der Waals surface area contributed by atoms with Gasteiger partial charge in [0.15, 0.2) is 0 Å². The summed E-state index contributed by atoms with van der Waals surface area (Å²) in [5.41, 5.74) is 8.29. The third kappa shape index (κ3) is 5.23. The summed E-state index contributed by atoms with van der Waals surface area (Å²) in [6.45, 7) is 3.16. The average Bonchev–Trinajstić information content (AvgIpc) is 2.36. The Morgan fingerprint density at radius 1 is 1.47 bits per heavy atom. The van der Waals surface area contributed by atoms with E-state index in [0.717, 1.165) is 16.8 Å². The molecule has 0 aliphatic rings. The van der Waals surface area contributed by atoms with Crippen LogP contribution >= 0.6 is 12.2 Å². The molecule has 4 N–H and O–H groups in total. The molecule has 104 valence electrons. The van der Waals surface area contributed by atoms with Gasteiger partial charge in [-0.1, -0.05) is 12.2 Å². The molecular weight excluding hydrogens is 262 g/mol. The lowest BCUT2D eigenvalue weighted by molar-refractivity contribution is -0.119. The zero-order valence-corrected chi connectivity index (χ0v) is 12.0. The van der Waals surface area contributed by atoms with E-state index in [2.05, 4.69) is 10.6 Å². The van der Waals surface area contributed by atoms with E-state index in [-0.39, 0.29) is 12.5 Å². The van der Waals surface area contributed by atoms with Gasteiger partial charge in [0.2, 0.25) is 5.91 Å². The second-order valence-corrected chi connectivity index (χ2v) is 4.53. The number of ether oxygens (including phenoxy) is 1. The lowest BCUT2D eigenvalue weighted by Gasteiger charge is -2.10. The van der Waals surface area contributed by atoms with Gasteiger partial charge in [0.25, 0.3) is 0 Å². The lowest BCUT2D eigenvalue weighted by Crippen LogP contribution is -2.32. The SMILES string of the molecule is COCCNC(=O)CNc1ccc(C(N)=S)c(C)c1. The third-order valence-corrected chi connectivity index (χ3v) is 2.79. The second-order valence-electron chi connectivity index (χ2n) is 4.09. The van der Waals surface area contributed by atoms with Crippen molar-refractivity contribution in [2.45, 2.75) is 6.92 Å². The molecule has 0 saturated heterocycles. The molecule has 0 fully saturated rings. The Morgan fingerprint density at radius 3 is 2.79 bits per heavy atom. The number of thiocarbonyl (C=S) groups is 1. The van der Waals surface area contributed by atoms with Crippen molar-refractivity contribution >= 4 is 28.8 Å². The third-order valence-electron chi connectivity index (χ3n) is 2.57. The predicted molar refractivity (Wildman–Crippen MR) is 80.4 cm³/mol. The van der Waals surface area contributed by atoms with Crippen molar-refractivity contribution in [2.75, 3.05) is 32.1 Å². The highest BCUT2D eigenvalue weighted by Gasteiger charge is 2.04. The number of rotatable bonds is 7. The maximum absolute atomic E-state index is 11.5. The Kier molecular flexibility index (Phi) is 6.24. The van der Waals surface area contributed by atoms with E-state index in [1.165, 1.54) is 0 Å². The summed E-state index contributed by atoms with van der Waals surface area (Å²) in [6, 6.07) is 5.61. The van der Waals surface area contributed by atoms with Crippen LogP contribution in [-0.2, 0) is 9.53 Å². The fraction of sp³-hybridized carbons (Fsp3) is 0.385. The molecular formula is C13H19N3O2S. The Bertz CT molecular complexity index is 463. The molecule has 5 nitrogen and oxygen atoms in total. The Balaban J connectivity index is 2.48. The largest absolute Gasteiger partial charge is 0.389 e. The highest BCUT2D eigenvalue weighted by atomic mass is 32.1. The minimum absolute atomic E-state index is 0.0758. The Hall–Kier alpha value is -1.66. The van der Waals surface area contributed by atoms with Gasteiger partial charge in [0.05, 0.1) is 13.2 Å². The molecule has 0 saturated carbocycles. The number of methoxy groups -OCH3 is 1. The minimum Gasteiger partial charge on any atom is -0.389 e. The molecule has 0 spiro atoms. The van der Waals surface area contributed by atoms with Crippen molar-refractivity contribution < 1.29 is 9.53 Å². The molecule has 1 rings (SSSR count). The van der Waals surface area contributed by atoms with Crippen molar-refractivity contribution in [3.8, 4) is 0 Å². The maximum atomic E-state index is 11.5. The summed E-state index contributed by atoms with van der Waals surface area (Å²) in [5.74, 6) is -0.0758. The monoisotopic (exact) mass is 281 g/mol. The van der Waals surface area contributed by atoms with Crippen LogP contribution in [0.4, 0.5) is 5.69 Å². The summed E-state index contributed by atoms with van der Waals surface area (Å²) in [5, 5.41) is 5.77. The molecule has 0 atom stereocenters. The van der Waals surface area contributed by atoms with Gasteiger partial charge < -0.3 is 21.1 Å². The number of amides is 1. The Morgan fingerprint density at radius 2 is 2.21 bits per heavy atom. The van der Waals surface area contributed by atoms with Crippen LogP contribution in [0.25, 0.3) is 0 Å². The molecule has 0 aliphatic heterocycles. The fourth-order valence-electron chi connectivity index (χ4n) is 1.59. The summed E-state index contributed by atoms with van der Waals surface area (Å²) >= 11 is 4.94. The molecule has 1 aromatic carbocycles. The smallest absolute Gasteiger partial charge is 0.239 e. The normalized spacial score (nSPS) is 10.0. The van der Waals surface area contributed by atoms with Gasteiger partial charge >= 0.3 is 0 Å². The Labute approximate surface area is 118 Å². The van der Waals surface area contributed by atoms with Crippen molar-refractivity contribution in [3.63, 3.8) is 0 Å². The standard InChI is InChI=1S/C13H19N3O2S/c1-9-7-10(3-4-11(9)13(14)19)16-8-12(17)15-5-6-18-2/h3-4,7,16H,5-6,8H2,1-2H3,(H2,14,19)(H,15,17). The molecule has 0 aromatic heterocycles. The molecule has 0 heterocycles. The van der Waals surface area contributed by atoms with Crippen LogP contribution in [0.3, 0.4) is 0 Å². The van der Waals surface area contributed by atoms with Gasteiger partial charge in [0, 0.05) is 24.9 Å². The average molecular weight is 281 g/mol. The molecule has 1 aromatic rings. The molecule has 1 amide bonds. The zero-order valence-electron chi connectivity index (χ0n) is 11.2. The van der Waals surface area contributed by atoms with Crippen LogP contribution in [-0.4, -0.2) is 37.7 Å². The first-order chi connectivity index (χ1) is 9.04. The van der Waals surface area contributed by atoms with E-state index in [0.29, 0.717) is 18.1 Å². The van der Waals surface area contributed by atoms with Crippen LogP contribution in [0.15, 0.2) is 18.2 Å². The minimum atomic E-state index is -0.0758. The lowest BCUT2D eigenvalue weighted by atomic mass is 10.1. The molecule has 6 heteroatoms. The maximum Gasteiger partial charge on any atom is 0.239 e. The first-order valence-electron chi connectivity index (χ1n) is 5.94.